The van der Waals surface area contributed by atoms with Crippen molar-refractivity contribution in [2.45, 2.75) is 13.0 Å². The second-order valence-electron chi connectivity index (χ2n) is 6.60. The third-order valence-electron chi connectivity index (χ3n) is 4.82. The first kappa shape index (κ1) is 16.8. The number of aromatic nitrogens is 1. The van der Waals surface area contributed by atoms with Crippen LogP contribution in [0.15, 0.2) is 42.7 Å². The number of para-hydroxylation sites is 1. The second-order valence-corrected chi connectivity index (χ2v) is 6.60. The van der Waals surface area contributed by atoms with Crippen LogP contribution in [0.2, 0.25) is 0 Å². The quantitative estimate of drug-likeness (QED) is 0.847. The van der Waals surface area contributed by atoms with Crippen LogP contribution >= 0.6 is 0 Å². The summed E-state index contributed by atoms with van der Waals surface area (Å²) in [6.45, 7) is 5.33. The topological polar surface area (TPSA) is 54.9 Å². The standard InChI is InChI=1S/C20H23N3O3/c24-20(16-5-2-7-21-14-16)23-10-8-22(9-11-23)15-17-4-1-6-18-19(17)26-13-3-12-25-18/h1-2,4-7,14H,3,8-13,15H2. The molecule has 1 aromatic carbocycles. The molecule has 1 aromatic heterocycles. The fourth-order valence-corrected chi connectivity index (χ4v) is 3.40. The fraction of sp³-hybridized carbons (Fsp3) is 0.400. The molecule has 1 amide bonds. The van der Waals surface area contributed by atoms with Crippen LogP contribution in [0.1, 0.15) is 22.3 Å². The van der Waals surface area contributed by atoms with E-state index >= 15 is 0 Å². The number of hydrogen-bond donors (Lipinski definition) is 0. The Morgan fingerprint density at radius 1 is 1.04 bits per heavy atom. The van der Waals surface area contributed by atoms with Gasteiger partial charge in [0.15, 0.2) is 11.5 Å². The van der Waals surface area contributed by atoms with Crippen molar-refractivity contribution in [3.63, 3.8) is 0 Å². The third-order valence-corrected chi connectivity index (χ3v) is 4.82. The molecule has 3 heterocycles. The Morgan fingerprint density at radius 2 is 1.88 bits per heavy atom. The highest BCUT2D eigenvalue weighted by atomic mass is 16.5. The molecule has 26 heavy (non-hydrogen) atoms. The summed E-state index contributed by atoms with van der Waals surface area (Å²) in [5.74, 6) is 1.77. The summed E-state index contributed by atoms with van der Waals surface area (Å²) in [6, 6.07) is 9.70. The zero-order valence-electron chi connectivity index (χ0n) is 14.8. The van der Waals surface area contributed by atoms with Crippen LogP contribution in [-0.4, -0.2) is 60.1 Å². The number of pyridine rings is 1. The van der Waals surface area contributed by atoms with Crippen LogP contribution in [0.5, 0.6) is 11.5 Å². The molecule has 0 aliphatic carbocycles. The molecule has 1 fully saturated rings. The molecule has 0 bridgehead atoms. The summed E-state index contributed by atoms with van der Waals surface area (Å²) in [5, 5.41) is 0. The minimum absolute atomic E-state index is 0.0584. The van der Waals surface area contributed by atoms with E-state index in [-0.39, 0.29) is 5.91 Å². The zero-order chi connectivity index (χ0) is 17.8. The highest BCUT2D eigenvalue weighted by Crippen LogP contribution is 2.34. The van der Waals surface area contributed by atoms with Gasteiger partial charge in [0, 0.05) is 57.1 Å². The van der Waals surface area contributed by atoms with E-state index in [1.165, 1.54) is 0 Å². The molecule has 0 radical (unpaired) electrons. The molecule has 2 aliphatic heterocycles. The molecule has 2 aromatic rings. The van der Waals surface area contributed by atoms with Crippen molar-refractivity contribution in [3.8, 4) is 11.5 Å². The molecule has 2 aliphatic rings. The normalized spacial score (nSPS) is 17.6. The van der Waals surface area contributed by atoms with Crippen molar-refractivity contribution in [1.82, 2.24) is 14.8 Å². The maximum absolute atomic E-state index is 12.5. The molecule has 0 unspecified atom stereocenters. The average molecular weight is 353 g/mol. The number of benzene rings is 1. The number of rotatable bonds is 3. The predicted molar refractivity (Wildman–Crippen MR) is 97.5 cm³/mol. The molecule has 0 atom stereocenters. The second kappa shape index (κ2) is 7.74. The van der Waals surface area contributed by atoms with E-state index < -0.39 is 0 Å². The molecule has 4 rings (SSSR count). The van der Waals surface area contributed by atoms with Crippen molar-refractivity contribution in [2.75, 3.05) is 39.4 Å². The number of nitrogens with zero attached hydrogens (tertiary/aromatic N) is 3. The summed E-state index contributed by atoms with van der Waals surface area (Å²) < 4.78 is 11.7. The molecule has 0 spiro atoms. The molecule has 136 valence electrons. The van der Waals surface area contributed by atoms with Gasteiger partial charge in [-0.25, -0.2) is 0 Å². The van der Waals surface area contributed by atoms with Crippen LogP contribution < -0.4 is 9.47 Å². The lowest BCUT2D eigenvalue weighted by atomic mass is 10.1. The van der Waals surface area contributed by atoms with Crippen molar-refractivity contribution in [2.24, 2.45) is 0 Å². The molecular formula is C20H23N3O3. The van der Waals surface area contributed by atoms with Gasteiger partial charge in [0.1, 0.15) is 0 Å². The van der Waals surface area contributed by atoms with Crippen LogP contribution in [0.4, 0.5) is 0 Å². The van der Waals surface area contributed by atoms with Crippen LogP contribution in [0.3, 0.4) is 0 Å². The minimum atomic E-state index is 0.0584. The number of piperazine rings is 1. The fourth-order valence-electron chi connectivity index (χ4n) is 3.40. The van der Waals surface area contributed by atoms with Crippen LogP contribution in [-0.2, 0) is 6.54 Å². The number of carbonyl (C=O) groups excluding carboxylic acids is 1. The predicted octanol–water partition coefficient (Wildman–Crippen LogP) is 2.20. The highest BCUT2D eigenvalue weighted by molar-refractivity contribution is 5.93. The van der Waals surface area contributed by atoms with Gasteiger partial charge in [-0.3, -0.25) is 14.7 Å². The van der Waals surface area contributed by atoms with Crippen molar-refractivity contribution >= 4 is 5.91 Å². The zero-order valence-corrected chi connectivity index (χ0v) is 14.8. The maximum Gasteiger partial charge on any atom is 0.255 e. The lowest BCUT2D eigenvalue weighted by Crippen LogP contribution is -2.48. The van der Waals surface area contributed by atoms with Gasteiger partial charge in [-0.2, -0.15) is 0 Å². The van der Waals surface area contributed by atoms with Gasteiger partial charge in [0.05, 0.1) is 18.8 Å². The third kappa shape index (κ3) is 3.65. The van der Waals surface area contributed by atoms with E-state index in [4.69, 9.17) is 9.47 Å². The first-order valence-electron chi connectivity index (χ1n) is 9.10. The largest absolute Gasteiger partial charge is 0.490 e. The van der Waals surface area contributed by atoms with Gasteiger partial charge >= 0.3 is 0 Å². The maximum atomic E-state index is 12.5. The summed E-state index contributed by atoms with van der Waals surface area (Å²) in [7, 11) is 0. The van der Waals surface area contributed by atoms with Gasteiger partial charge in [0.2, 0.25) is 0 Å². The van der Waals surface area contributed by atoms with E-state index in [1.807, 2.05) is 23.1 Å². The van der Waals surface area contributed by atoms with Crippen LogP contribution in [0, 0.1) is 0 Å². The number of ether oxygens (including phenoxy) is 2. The molecule has 6 heteroatoms. The van der Waals surface area contributed by atoms with E-state index in [2.05, 4.69) is 16.0 Å². The Balaban J connectivity index is 1.38. The van der Waals surface area contributed by atoms with Gasteiger partial charge < -0.3 is 14.4 Å². The SMILES string of the molecule is O=C(c1cccnc1)N1CCN(Cc2cccc3c2OCCCO3)CC1. The Bertz CT molecular complexity index is 758. The summed E-state index contributed by atoms with van der Waals surface area (Å²) in [6.07, 6.45) is 4.22. The van der Waals surface area contributed by atoms with Crippen molar-refractivity contribution in [1.29, 1.82) is 0 Å². The van der Waals surface area contributed by atoms with Gasteiger partial charge in [-0.1, -0.05) is 12.1 Å². The lowest BCUT2D eigenvalue weighted by Gasteiger charge is -2.35. The first-order chi connectivity index (χ1) is 12.8. The van der Waals surface area contributed by atoms with Gasteiger partial charge in [-0.05, 0) is 18.2 Å². The van der Waals surface area contributed by atoms with E-state index in [0.29, 0.717) is 18.8 Å². The summed E-state index contributed by atoms with van der Waals surface area (Å²) in [5.41, 5.74) is 1.80. The van der Waals surface area contributed by atoms with E-state index in [1.54, 1.807) is 18.5 Å². The smallest absolute Gasteiger partial charge is 0.255 e. The highest BCUT2D eigenvalue weighted by Gasteiger charge is 2.24. The van der Waals surface area contributed by atoms with E-state index in [9.17, 15) is 4.79 Å². The number of hydrogen-bond acceptors (Lipinski definition) is 5. The van der Waals surface area contributed by atoms with Crippen molar-refractivity contribution in [3.05, 3.63) is 53.9 Å². The monoisotopic (exact) mass is 353 g/mol. The van der Waals surface area contributed by atoms with Gasteiger partial charge in [-0.15, -0.1) is 0 Å². The Kier molecular flexibility index (Phi) is 5.02. The summed E-state index contributed by atoms with van der Waals surface area (Å²) >= 11 is 0. The molecule has 1 saturated heterocycles. The Morgan fingerprint density at radius 3 is 2.69 bits per heavy atom. The lowest BCUT2D eigenvalue weighted by molar-refractivity contribution is 0.0626. The van der Waals surface area contributed by atoms with Crippen molar-refractivity contribution < 1.29 is 14.3 Å². The molecule has 0 N–H and O–H groups in total. The number of amides is 1. The molecule has 0 saturated carbocycles. The molecule has 6 nitrogen and oxygen atoms in total. The first-order valence-corrected chi connectivity index (χ1v) is 9.10. The summed E-state index contributed by atoms with van der Waals surface area (Å²) in [4.78, 5) is 20.8. The van der Waals surface area contributed by atoms with Crippen LogP contribution in [0.25, 0.3) is 0 Å². The number of carbonyl (C=O) groups is 1. The minimum Gasteiger partial charge on any atom is -0.490 e. The van der Waals surface area contributed by atoms with Gasteiger partial charge in [0.25, 0.3) is 5.91 Å². The van der Waals surface area contributed by atoms with E-state index in [0.717, 1.165) is 56.2 Å². The molecular weight excluding hydrogens is 330 g/mol. The number of fused-ring (bicyclic) bond motifs is 1. The Labute approximate surface area is 153 Å². The average Bonchev–Trinajstić information content (AvgIpc) is 2.95. The Hall–Kier alpha value is -2.60.